The lowest BCUT2D eigenvalue weighted by molar-refractivity contribution is 0.743. The normalized spacial score (nSPS) is 21.5. The van der Waals surface area contributed by atoms with Crippen LogP contribution in [0.5, 0.6) is 0 Å². The number of anilines is 2. The Balaban J connectivity index is 2.10. The van der Waals surface area contributed by atoms with Gasteiger partial charge in [-0.15, -0.1) is 0 Å². The predicted molar refractivity (Wildman–Crippen MR) is 93.5 cm³/mol. The standard InChI is InChI=1S/C16H28N4S/c1-5-7-14-19-15(17-4)11(3)16(20-14)18-12-8-9-13(10-12)21-6-2/h12-13H,5-10H2,1-4H3,(H2,17,18,19,20). The van der Waals surface area contributed by atoms with E-state index in [9.17, 15) is 0 Å². The number of hydrogen-bond donors (Lipinski definition) is 2. The van der Waals surface area contributed by atoms with Crippen molar-refractivity contribution in [2.24, 2.45) is 0 Å². The summed E-state index contributed by atoms with van der Waals surface area (Å²) in [6.45, 7) is 6.51. The van der Waals surface area contributed by atoms with Gasteiger partial charge in [-0.05, 0) is 38.4 Å². The summed E-state index contributed by atoms with van der Waals surface area (Å²) in [5.74, 6) is 4.12. The average molecular weight is 308 g/mol. The van der Waals surface area contributed by atoms with Crippen LogP contribution in [0.15, 0.2) is 0 Å². The van der Waals surface area contributed by atoms with E-state index in [1.807, 2.05) is 7.05 Å². The van der Waals surface area contributed by atoms with Crippen LogP contribution in [0.4, 0.5) is 11.6 Å². The molecular weight excluding hydrogens is 280 g/mol. The van der Waals surface area contributed by atoms with Gasteiger partial charge < -0.3 is 10.6 Å². The van der Waals surface area contributed by atoms with E-state index in [4.69, 9.17) is 4.98 Å². The zero-order chi connectivity index (χ0) is 15.2. The molecule has 0 bridgehead atoms. The third kappa shape index (κ3) is 4.25. The summed E-state index contributed by atoms with van der Waals surface area (Å²) < 4.78 is 0. The Morgan fingerprint density at radius 3 is 2.62 bits per heavy atom. The Morgan fingerprint density at radius 2 is 1.95 bits per heavy atom. The second-order valence-corrected chi connectivity index (χ2v) is 7.27. The Bertz CT molecular complexity index is 464. The van der Waals surface area contributed by atoms with E-state index in [2.05, 4.69) is 48.2 Å². The zero-order valence-corrected chi connectivity index (χ0v) is 14.5. The van der Waals surface area contributed by atoms with E-state index in [1.165, 1.54) is 25.0 Å². The zero-order valence-electron chi connectivity index (χ0n) is 13.7. The molecule has 1 aliphatic carbocycles. The monoisotopic (exact) mass is 308 g/mol. The lowest BCUT2D eigenvalue weighted by atomic mass is 10.2. The van der Waals surface area contributed by atoms with E-state index in [0.29, 0.717) is 6.04 Å². The van der Waals surface area contributed by atoms with Crippen LogP contribution in [0.25, 0.3) is 0 Å². The van der Waals surface area contributed by atoms with Crippen LogP contribution in [0.1, 0.15) is 50.9 Å². The van der Waals surface area contributed by atoms with E-state index in [-0.39, 0.29) is 0 Å². The molecule has 0 radical (unpaired) electrons. The van der Waals surface area contributed by atoms with Crippen molar-refractivity contribution in [2.45, 2.75) is 64.2 Å². The van der Waals surface area contributed by atoms with Crippen LogP contribution in [-0.2, 0) is 6.42 Å². The van der Waals surface area contributed by atoms with Crippen molar-refractivity contribution in [3.63, 3.8) is 0 Å². The molecule has 0 aromatic carbocycles. The molecule has 0 aliphatic heterocycles. The summed E-state index contributed by atoms with van der Waals surface area (Å²) in [5, 5.41) is 7.67. The van der Waals surface area contributed by atoms with Gasteiger partial charge in [0.1, 0.15) is 17.5 Å². The van der Waals surface area contributed by atoms with Gasteiger partial charge in [0.15, 0.2) is 0 Å². The van der Waals surface area contributed by atoms with Crippen molar-refractivity contribution >= 4 is 23.4 Å². The molecule has 1 aromatic heterocycles. The van der Waals surface area contributed by atoms with E-state index >= 15 is 0 Å². The minimum Gasteiger partial charge on any atom is -0.373 e. The van der Waals surface area contributed by atoms with Crippen LogP contribution in [0.2, 0.25) is 0 Å². The number of thioether (sulfide) groups is 1. The van der Waals surface area contributed by atoms with E-state index in [1.54, 1.807) is 0 Å². The summed E-state index contributed by atoms with van der Waals surface area (Å²) in [6, 6.07) is 0.557. The summed E-state index contributed by atoms with van der Waals surface area (Å²) in [5.41, 5.74) is 1.13. The van der Waals surface area contributed by atoms with Gasteiger partial charge in [0, 0.05) is 30.3 Å². The maximum absolute atomic E-state index is 4.74. The van der Waals surface area contributed by atoms with Gasteiger partial charge >= 0.3 is 0 Å². The summed E-state index contributed by atoms with van der Waals surface area (Å²) in [6.07, 6.45) is 5.83. The molecule has 2 unspecified atom stereocenters. The largest absolute Gasteiger partial charge is 0.373 e. The Labute approximate surface area is 132 Å². The highest BCUT2D eigenvalue weighted by Gasteiger charge is 2.25. The lowest BCUT2D eigenvalue weighted by Gasteiger charge is -2.18. The molecule has 5 heteroatoms. The Hall–Kier alpha value is -0.970. The molecule has 2 N–H and O–H groups in total. The van der Waals surface area contributed by atoms with E-state index < -0.39 is 0 Å². The van der Waals surface area contributed by atoms with Crippen molar-refractivity contribution < 1.29 is 0 Å². The number of rotatable bonds is 7. The van der Waals surface area contributed by atoms with Gasteiger partial charge in [-0.1, -0.05) is 13.8 Å². The molecule has 1 aromatic rings. The fraction of sp³-hybridized carbons (Fsp3) is 0.750. The second-order valence-electron chi connectivity index (χ2n) is 5.69. The SMILES string of the molecule is CCCc1nc(NC)c(C)c(NC2CCC(SCC)C2)n1. The van der Waals surface area contributed by atoms with Crippen LogP contribution in [0.3, 0.4) is 0 Å². The van der Waals surface area contributed by atoms with Crippen molar-refractivity contribution in [3.8, 4) is 0 Å². The summed E-state index contributed by atoms with van der Waals surface area (Å²) >= 11 is 2.09. The first kappa shape index (κ1) is 16.4. The van der Waals surface area contributed by atoms with Gasteiger partial charge in [0.05, 0.1) is 0 Å². The first-order valence-electron chi connectivity index (χ1n) is 8.11. The number of aromatic nitrogens is 2. The van der Waals surface area contributed by atoms with Crippen molar-refractivity contribution in [1.29, 1.82) is 0 Å². The number of aryl methyl sites for hydroxylation is 1. The number of hydrogen-bond acceptors (Lipinski definition) is 5. The Kier molecular flexibility index (Phi) is 6.15. The van der Waals surface area contributed by atoms with Gasteiger partial charge in [-0.3, -0.25) is 0 Å². The third-order valence-corrected chi connectivity index (χ3v) is 5.26. The smallest absolute Gasteiger partial charge is 0.134 e. The van der Waals surface area contributed by atoms with Crippen LogP contribution < -0.4 is 10.6 Å². The van der Waals surface area contributed by atoms with Crippen molar-refractivity contribution in [3.05, 3.63) is 11.4 Å². The maximum Gasteiger partial charge on any atom is 0.134 e. The predicted octanol–water partition coefficient (Wildman–Crippen LogP) is 3.87. The molecule has 0 amide bonds. The highest BCUT2D eigenvalue weighted by molar-refractivity contribution is 7.99. The van der Waals surface area contributed by atoms with Gasteiger partial charge in [-0.2, -0.15) is 11.8 Å². The van der Waals surface area contributed by atoms with Crippen molar-refractivity contribution in [1.82, 2.24) is 9.97 Å². The number of nitrogens with one attached hydrogen (secondary N) is 2. The molecule has 0 saturated heterocycles. The fourth-order valence-corrected chi connectivity index (χ4v) is 4.08. The van der Waals surface area contributed by atoms with Crippen LogP contribution >= 0.6 is 11.8 Å². The topological polar surface area (TPSA) is 49.8 Å². The molecule has 2 rings (SSSR count). The molecule has 1 fully saturated rings. The first-order valence-corrected chi connectivity index (χ1v) is 9.16. The lowest BCUT2D eigenvalue weighted by Crippen LogP contribution is -2.19. The van der Waals surface area contributed by atoms with Gasteiger partial charge in [0.25, 0.3) is 0 Å². The molecule has 0 spiro atoms. The molecule has 1 heterocycles. The summed E-state index contributed by atoms with van der Waals surface area (Å²) in [4.78, 5) is 9.33. The minimum atomic E-state index is 0.557. The first-order chi connectivity index (χ1) is 10.2. The highest BCUT2D eigenvalue weighted by atomic mass is 32.2. The highest BCUT2D eigenvalue weighted by Crippen LogP contribution is 2.32. The second kappa shape index (κ2) is 7.87. The number of nitrogens with zero attached hydrogens (tertiary/aromatic N) is 2. The van der Waals surface area contributed by atoms with Crippen molar-refractivity contribution in [2.75, 3.05) is 23.4 Å². The quantitative estimate of drug-likeness (QED) is 0.801. The molecule has 1 aliphatic rings. The van der Waals surface area contributed by atoms with Crippen LogP contribution in [0, 0.1) is 6.92 Å². The summed E-state index contributed by atoms with van der Waals surface area (Å²) in [7, 11) is 1.93. The third-order valence-electron chi connectivity index (χ3n) is 4.03. The van der Waals surface area contributed by atoms with E-state index in [0.717, 1.165) is 41.1 Å². The van der Waals surface area contributed by atoms with Crippen LogP contribution in [-0.4, -0.2) is 34.1 Å². The molecular formula is C16H28N4S. The molecule has 118 valence electrons. The fourth-order valence-electron chi connectivity index (χ4n) is 2.93. The van der Waals surface area contributed by atoms with Gasteiger partial charge in [-0.25, -0.2) is 9.97 Å². The minimum absolute atomic E-state index is 0.557. The Morgan fingerprint density at radius 1 is 1.19 bits per heavy atom. The molecule has 1 saturated carbocycles. The molecule has 2 atom stereocenters. The molecule has 4 nitrogen and oxygen atoms in total. The average Bonchev–Trinajstić information content (AvgIpc) is 2.90. The van der Waals surface area contributed by atoms with Gasteiger partial charge in [0.2, 0.25) is 0 Å². The maximum atomic E-state index is 4.74. The molecule has 21 heavy (non-hydrogen) atoms.